The van der Waals surface area contributed by atoms with Gasteiger partial charge in [-0.25, -0.2) is 0 Å². The van der Waals surface area contributed by atoms with Crippen LogP contribution in [-0.2, 0) is 11.2 Å². The van der Waals surface area contributed by atoms with E-state index in [1.54, 1.807) is 29.5 Å². The molecule has 0 unspecified atom stereocenters. The molecule has 4 nitrogen and oxygen atoms in total. The number of alkyl halides is 2. The van der Waals surface area contributed by atoms with Crippen LogP contribution in [0.2, 0.25) is 0 Å². The zero-order valence-electron chi connectivity index (χ0n) is 13.0. The molecule has 0 aliphatic rings. The fraction of sp³-hybridized carbons (Fsp3) is 0.235. The molecule has 0 spiro atoms. The van der Waals surface area contributed by atoms with Crippen LogP contribution >= 0.6 is 11.3 Å². The highest BCUT2D eigenvalue weighted by Crippen LogP contribution is 2.29. The average Bonchev–Trinajstić information content (AvgIpc) is 3.07. The minimum atomic E-state index is -2.90. The predicted octanol–water partition coefficient (Wildman–Crippen LogP) is 3.73. The van der Waals surface area contributed by atoms with E-state index in [-0.39, 0.29) is 17.4 Å². The summed E-state index contributed by atoms with van der Waals surface area (Å²) in [5, 5.41) is 4.70. The summed E-state index contributed by atoms with van der Waals surface area (Å²) in [5.74, 6) is 0.0314. The van der Waals surface area contributed by atoms with Crippen LogP contribution in [0.5, 0.6) is 11.5 Å². The molecule has 2 aromatic rings. The van der Waals surface area contributed by atoms with Crippen molar-refractivity contribution in [3.05, 3.63) is 52.2 Å². The van der Waals surface area contributed by atoms with Gasteiger partial charge in [-0.15, -0.1) is 11.3 Å². The number of amides is 1. The number of thiophene rings is 1. The van der Waals surface area contributed by atoms with E-state index in [1.165, 1.54) is 19.3 Å². The first kappa shape index (κ1) is 17.9. The van der Waals surface area contributed by atoms with Crippen molar-refractivity contribution in [2.75, 3.05) is 13.7 Å². The second-order valence-corrected chi connectivity index (χ2v) is 5.73. The Morgan fingerprint density at radius 2 is 2.17 bits per heavy atom. The molecule has 0 bridgehead atoms. The summed E-state index contributed by atoms with van der Waals surface area (Å²) in [4.78, 5) is 12.7. The lowest BCUT2D eigenvalue weighted by Gasteiger charge is -2.11. The third kappa shape index (κ3) is 5.66. The van der Waals surface area contributed by atoms with Crippen LogP contribution in [0.25, 0.3) is 6.08 Å². The van der Waals surface area contributed by atoms with E-state index in [4.69, 9.17) is 4.74 Å². The van der Waals surface area contributed by atoms with Gasteiger partial charge in [-0.2, -0.15) is 8.78 Å². The smallest absolute Gasteiger partial charge is 0.387 e. The molecule has 24 heavy (non-hydrogen) atoms. The summed E-state index contributed by atoms with van der Waals surface area (Å²) in [7, 11) is 1.38. The van der Waals surface area contributed by atoms with Gasteiger partial charge in [0.2, 0.25) is 5.91 Å². The molecule has 7 heteroatoms. The van der Waals surface area contributed by atoms with Gasteiger partial charge in [-0.1, -0.05) is 12.1 Å². The summed E-state index contributed by atoms with van der Waals surface area (Å²) >= 11 is 1.55. The molecule has 0 aliphatic heterocycles. The number of carbonyl (C=O) groups excluding carboxylic acids is 1. The number of halogens is 2. The van der Waals surface area contributed by atoms with Gasteiger partial charge in [0.25, 0.3) is 0 Å². The highest BCUT2D eigenvalue weighted by molar-refractivity contribution is 7.10. The van der Waals surface area contributed by atoms with Gasteiger partial charge in [0.15, 0.2) is 11.5 Å². The normalized spacial score (nSPS) is 11.0. The quantitative estimate of drug-likeness (QED) is 0.736. The van der Waals surface area contributed by atoms with Crippen LogP contribution in [0.4, 0.5) is 8.78 Å². The molecule has 0 atom stereocenters. The first-order chi connectivity index (χ1) is 11.6. The zero-order chi connectivity index (χ0) is 17.4. The lowest BCUT2D eigenvalue weighted by Crippen LogP contribution is -2.23. The monoisotopic (exact) mass is 353 g/mol. The minimum Gasteiger partial charge on any atom is -0.493 e. The second-order valence-electron chi connectivity index (χ2n) is 4.75. The number of nitrogens with one attached hydrogen (secondary N) is 1. The van der Waals surface area contributed by atoms with Crippen molar-refractivity contribution in [1.82, 2.24) is 5.32 Å². The topological polar surface area (TPSA) is 47.6 Å². The van der Waals surface area contributed by atoms with Crippen LogP contribution in [0.1, 0.15) is 10.4 Å². The maximum Gasteiger partial charge on any atom is 0.387 e. The van der Waals surface area contributed by atoms with Crippen molar-refractivity contribution in [3.8, 4) is 11.5 Å². The van der Waals surface area contributed by atoms with E-state index < -0.39 is 6.61 Å². The number of benzene rings is 1. The van der Waals surface area contributed by atoms with Crippen LogP contribution in [0.15, 0.2) is 41.8 Å². The molecule has 1 aromatic carbocycles. The van der Waals surface area contributed by atoms with E-state index in [2.05, 4.69) is 10.1 Å². The van der Waals surface area contributed by atoms with Gasteiger partial charge in [-0.3, -0.25) is 4.79 Å². The van der Waals surface area contributed by atoms with Crippen LogP contribution in [0, 0.1) is 0 Å². The largest absolute Gasteiger partial charge is 0.493 e. The number of methoxy groups -OCH3 is 1. The van der Waals surface area contributed by atoms with Crippen LogP contribution in [0.3, 0.4) is 0 Å². The van der Waals surface area contributed by atoms with Gasteiger partial charge in [-0.05, 0) is 41.6 Å². The molecule has 128 valence electrons. The minimum absolute atomic E-state index is 0.0147. The molecule has 1 N–H and O–H groups in total. The zero-order valence-corrected chi connectivity index (χ0v) is 13.8. The molecule has 1 aromatic heterocycles. The Balaban J connectivity index is 1.84. The Kier molecular flexibility index (Phi) is 6.74. The Hall–Kier alpha value is -2.41. The highest BCUT2D eigenvalue weighted by atomic mass is 32.1. The maximum absolute atomic E-state index is 12.3. The molecule has 0 fully saturated rings. The molecule has 0 saturated carbocycles. The fourth-order valence-electron chi connectivity index (χ4n) is 1.99. The Bertz CT molecular complexity index is 687. The Morgan fingerprint density at radius 3 is 2.83 bits per heavy atom. The maximum atomic E-state index is 12.3. The summed E-state index contributed by atoms with van der Waals surface area (Å²) in [6.07, 6.45) is 3.77. The standard InChI is InChI=1S/C17H17F2NO3S/c1-22-15-11-12(4-6-14(15)23-17(18)19)8-9-20-16(21)7-5-13-3-2-10-24-13/h2-7,10-11,17H,8-9H2,1H3,(H,20,21)/b7-5+. The number of ether oxygens (including phenoxy) is 2. The molecule has 0 saturated heterocycles. The number of carbonyl (C=O) groups is 1. The number of hydrogen-bond acceptors (Lipinski definition) is 4. The molecular weight excluding hydrogens is 336 g/mol. The first-order valence-corrected chi connectivity index (χ1v) is 8.07. The third-order valence-electron chi connectivity index (χ3n) is 3.10. The van der Waals surface area contributed by atoms with Gasteiger partial charge >= 0.3 is 6.61 Å². The molecule has 0 radical (unpaired) electrons. The van der Waals surface area contributed by atoms with E-state index >= 15 is 0 Å². The van der Waals surface area contributed by atoms with Gasteiger partial charge < -0.3 is 14.8 Å². The fourth-order valence-corrected chi connectivity index (χ4v) is 2.61. The van der Waals surface area contributed by atoms with Crippen LogP contribution in [-0.4, -0.2) is 26.2 Å². The molecule has 1 amide bonds. The van der Waals surface area contributed by atoms with Crippen molar-refractivity contribution in [2.24, 2.45) is 0 Å². The van der Waals surface area contributed by atoms with Crippen molar-refractivity contribution in [3.63, 3.8) is 0 Å². The van der Waals surface area contributed by atoms with Crippen molar-refractivity contribution in [2.45, 2.75) is 13.0 Å². The number of hydrogen-bond donors (Lipinski definition) is 1. The number of rotatable bonds is 8. The van der Waals surface area contributed by atoms with Gasteiger partial charge in [0, 0.05) is 17.5 Å². The molecule has 2 rings (SSSR count). The highest BCUT2D eigenvalue weighted by Gasteiger charge is 2.11. The summed E-state index contributed by atoms with van der Waals surface area (Å²) < 4.78 is 33.9. The van der Waals surface area contributed by atoms with Gasteiger partial charge in [0.05, 0.1) is 7.11 Å². The Labute approximate surface area is 142 Å². The predicted molar refractivity (Wildman–Crippen MR) is 89.7 cm³/mol. The molecule has 1 heterocycles. The summed E-state index contributed by atoms with van der Waals surface area (Å²) in [6, 6.07) is 8.54. The lowest BCUT2D eigenvalue weighted by molar-refractivity contribution is -0.116. The summed E-state index contributed by atoms with van der Waals surface area (Å²) in [5.41, 5.74) is 0.844. The van der Waals surface area contributed by atoms with E-state index in [1.807, 2.05) is 17.5 Å². The van der Waals surface area contributed by atoms with E-state index in [9.17, 15) is 13.6 Å². The van der Waals surface area contributed by atoms with Crippen molar-refractivity contribution < 1.29 is 23.0 Å². The van der Waals surface area contributed by atoms with Crippen molar-refractivity contribution in [1.29, 1.82) is 0 Å². The second kappa shape index (κ2) is 9.02. The lowest BCUT2D eigenvalue weighted by atomic mass is 10.1. The third-order valence-corrected chi connectivity index (χ3v) is 3.94. The van der Waals surface area contributed by atoms with E-state index in [0.29, 0.717) is 13.0 Å². The SMILES string of the molecule is COc1cc(CCNC(=O)/C=C/c2cccs2)ccc1OC(F)F. The Morgan fingerprint density at radius 1 is 1.33 bits per heavy atom. The van der Waals surface area contributed by atoms with Crippen LogP contribution < -0.4 is 14.8 Å². The molecule has 0 aliphatic carbocycles. The average molecular weight is 353 g/mol. The van der Waals surface area contributed by atoms with E-state index in [0.717, 1.165) is 10.4 Å². The summed E-state index contributed by atoms with van der Waals surface area (Å²) in [6.45, 7) is -2.48. The van der Waals surface area contributed by atoms with Crippen molar-refractivity contribution >= 4 is 23.3 Å². The first-order valence-electron chi connectivity index (χ1n) is 7.19. The molecular formula is C17H17F2NO3S. The van der Waals surface area contributed by atoms with Gasteiger partial charge in [0.1, 0.15) is 0 Å².